The van der Waals surface area contributed by atoms with Crippen molar-refractivity contribution in [3.8, 4) is 11.1 Å². The molecule has 2 aliphatic rings. The van der Waals surface area contributed by atoms with Gasteiger partial charge in [0.05, 0.1) is 29.0 Å². The summed E-state index contributed by atoms with van der Waals surface area (Å²) in [6.45, 7) is 19.8. The van der Waals surface area contributed by atoms with Crippen LogP contribution in [0.25, 0.3) is 33.2 Å². The van der Waals surface area contributed by atoms with Crippen LogP contribution in [0.5, 0.6) is 0 Å². The summed E-state index contributed by atoms with van der Waals surface area (Å²) in [6.07, 6.45) is 6.51. The SMILES string of the molecule is Cn1nc2ccc(-c3cn(COCC[Si](C)(C)C)c4nc(N5C6CCC5CC(NC(=O)O)C6)cnc34)c(Cl)c2c1CO[Si](C)(C)C(C)(C)C. The van der Waals surface area contributed by atoms with Crippen molar-refractivity contribution < 1.29 is 19.1 Å². The number of piperidine rings is 1. The lowest BCUT2D eigenvalue weighted by Crippen LogP contribution is -2.50. The van der Waals surface area contributed by atoms with Crippen LogP contribution in [0.3, 0.4) is 0 Å². The van der Waals surface area contributed by atoms with Crippen LogP contribution in [0.2, 0.25) is 48.8 Å². The first-order chi connectivity index (χ1) is 22.9. The van der Waals surface area contributed by atoms with E-state index in [-0.39, 0.29) is 23.2 Å². The van der Waals surface area contributed by atoms with Gasteiger partial charge in [0.1, 0.15) is 18.1 Å². The van der Waals surface area contributed by atoms with Gasteiger partial charge in [-0.1, -0.05) is 58.1 Å². The number of hydrogen-bond acceptors (Lipinski definition) is 7. The second-order valence-electron chi connectivity index (χ2n) is 16.6. The molecule has 1 aromatic carbocycles. The number of anilines is 1. The third-order valence-corrected chi connectivity index (χ3v) is 17.4. The topological polar surface area (TPSA) is 120 Å². The number of carboxylic acid groups (broad SMARTS) is 1. The fourth-order valence-electron chi connectivity index (χ4n) is 6.99. The molecule has 11 nitrogen and oxygen atoms in total. The highest BCUT2D eigenvalue weighted by Gasteiger charge is 2.42. The number of hydrogen-bond donors (Lipinski definition) is 2. The smallest absolute Gasteiger partial charge is 0.404 e. The summed E-state index contributed by atoms with van der Waals surface area (Å²) in [5.41, 5.74) is 5.04. The van der Waals surface area contributed by atoms with Crippen LogP contribution in [-0.4, -0.2) is 76.6 Å². The average Bonchev–Trinajstić information content (AvgIpc) is 3.61. The Morgan fingerprint density at radius 3 is 2.43 bits per heavy atom. The molecule has 2 atom stereocenters. The van der Waals surface area contributed by atoms with Gasteiger partial charge in [0.2, 0.25) is 0 Å². The number of carbonyl (C=O) groups is 1. The highest BCUT2D eigenvalue weighted by atomic mass is 35.5. The quantitative estimate of drug-likeness (QED) is 0.117. The molecule has 0 radical (unpaired) electrons. The van der Waals surface area contributed by atoms with Crippen molar-refractivity contribution in [2.45, 2.75) is 122 Å². The van der Waals surface area contributed by atoms with Crippen LogP contribution >= 0.6 is 11.6 Å². The number of halogens is 1. The van der Waals surface area contributed by atoms with Gasteiger partial charge in [-0.05, 0) is 55.9 Å². The Bertz CT molecular complexity index is 1850. The highest BCUT2D eigenvalue weighted by molar-refractivity contribution is 6.76. The number of rotatable bonds is 11. The van der Waals surface area contributed by atoms with Crippen LogP contribution in [0.1, 0.15) is 52.1 Å². The predicted octanol–water partition coefficient (Wildman–Crippen LogP) is 8.24. The van der Waals surface area contributed by atoms with Gasteiger partial charge in [-0.2, -0.15) is 5.10 Å². The number of fused-ring (bicyclic) bond motifs is 4. The average molecular weight is 726 g/mol. The van der Waals surface area contributed by atoms with Gasteiger partial charge in [0, 0.05) is 62.6 Å². The van der Waals surface area contributed by atoms with Crippen molar-refractivity contribution in [2.24, 2.45) is 7.05 Å². The Morgan fingerprint density at radius 1 is 1.10 bits per heavy atom. The third kappa shape index (κ3) is 7.28. The van der Waals surface area contributed by atoms with E-state index in [0.717, 1.165) is 76.4 Å². The van der Waals surface area contributed by atoms with Crippen molar-refractivity contribution in [3.05, 3.63) is 35.2 Å². The summed E-state index contributed by atoms with van der Waals surface area (Å²) < 4.78 is 16.8. The number of amides is 1. The molecule has 2 aliphatic heterocycles. The van der Waals surface area contributed by atoms with Gasteiger partial charge in [-0.25, -0.2) is 14.8 Å². The predicted molar refractivity (Wildman–Crippen MR) is 202 cm³/mol. The third-order valence-electron chi connectivity index (χ3n) is 10.8. The molecule has 2 N–H and O–H groups in total. The number of benzene rings is 1. The molecule has 3 aromatic heterocycles. The molecule has 266 valence electrons. The van der Waals surface area contributed by atoms with E-state index in [1.807, 2.05) is 30.1 Å². The molecule has 49 heavy (non-hydrogen) atoms. The molecule has 1 amide bonds. The van der Waals surface area contributed by atoms with E-state index in [2.05, 4.69) is 74.5 Å². The van der Waals surface area contributed by atoms with Gasteiger partial charge in [-0.3, -0.25) is 4.68 Å². The molecular formula is C35H52ClN7O4Si2. The maximum absolute atomic E-state index is 11.4. The van der Waals surface area contributed by atoms with Crippen molar-refractivity contribution in [1.82, 2.24) is 29.6 Å². The molecule has 5 heterocycles. The first-order valence-corrected chi connectivity index (χ1v) is 24.4. The van der Waals surface area contributed by atoms with Crippen molar-refractivity contribution in [2.75, 3.05) is 11.5 Å². The van der Waals surface area contributed by atoms with Gasteiger partial charge >= 0.3 is 6.09 Å². The van der Waals surface area contributed by atoms with Crippen LogP contribution in [0.15, 0.2) is 24.5 Å². The van der Waals surface area contributed by atoms with E-state index in [1.165, 1.54) is 0 Å². The summed E-state index contributed by atoms with van der Waals surface area (Å²) in [5.74, 6) is 0.820. The molecule has 14 heteroatoms. The molecule has 2 unspecified atom stereocenters. The molecule has 0 spiro atoms. The Hall–Kier alpha value is -2.98. The zero-order valence-electron chi connectivity index (χ0n) is 30.4. The van der Waals surface area contributed by atoms with Crippen molar-refractivity contribution >= 4 is 62.0 Å². The minimum atomic E-state index is -2.01. The molecular weight excluding hydrogens is 674 g/mol. The molecule has 0 aliphatic carbocycles. The minimum Gasteiger partial charge on any atom is -0.465 e. The van der Waals surface area contributed by atoms with Gasteiger partial charge in [-0.15, -0.1) is 0 Å². The maximum Gasteiger partial charge on any atom is 0.404 e. The fourth-order valence-corrected chi connectivity index (χ4v) is 9.05. The number of ether oxygens (including phenoxy) is 1. The Morgan fingerprint density at radius 2 is 1.80 bits per heavy atom. The monoisotopic (exact) mass is 725 g/mol. The second-order valence-corrected chi connectivity index (χ2v) is 27.4. The van der Waals surface area contributed by atoms with Crippen LogP contribution < -0.4 is 10.2 Å². The Balaban J connectivity index is 1.38. The van der Waals surface area contributed by atoms with Gasteiger partial charge in [0.15, 0.2) is 14.0 Å². The van der Waals surface area contributed by atoms with E-state index < -0.39 is 22.5 Å². The van der Waals surface area contributed by atoms with Crippen molar-refractivity contribution in [1.29, 1.82) is 0 Å². The van der Waals surface area contributed by atoms with E-state index in [9.17, 15) is 9.90 Å². The first kappa shape index (κ1) is 35.8. The highest BCUT2D eigenvalue weighted by Crippen LogP contribution is 2.43. The summed E-state index contributed by atoms with van der Waals surface area (Å²) in [4.78, 5) is 24.0. The summed E-state index contributed by atoms with van der Waals surface area (Å²) >= 11 is 7.33. The van der Waals surface area contributed by atoms with E-state index in [0.29, 0.717) is 25.0 Å². The molecule has 2 saturated heterocycles. The zero-order chi connectivity index (χ0) is 35.5. The van der Waals surface area contributed by atoms with E-state index in [4.69, 9.17) is 35.8 Å². The molecule has 4 aromatic rings. The molecule has 6 rings (SSSR count). The number of nitrogens with one attached hydrogen (secondary N) is 1. The lowest BCUT2D eigenvalue weighted by Gasteiger charge is -2.39. The van der Waals surface area contributed by atoms with Gasteiger partial charge < -0.3 is 29.1 Å². The zero-order valence-corrected chi connectivity index (χ0v) is 33.2. The molecule has 2 bridgehead atoms. The van der Waals surface area contributed by atoms with Gasteiger partial charge in [0.25, 0.3) is 0 Å². The Kier molecular flexibility index (Phi) is 9.72. The number of aryl methyl sites for hydroxylation is 1. The lowest BCUT2D eigenvalue weighted by atomic mass is 9.97. The minimum absolute atomic E-state index is 0.0418. The number of aromatic nitrogens is 5. The first-order valence-electron chi connectivity index (χ1n) is 17.4. The van der Waals surface area contributed by atoms with Crippen molar-refractivity contribution in [3.63, 3.8) is 0 Å². The summed E-state index contributed by atoms with van der Waals surface area (Å²) in [6, 6.07) is 5.51. The summed E-state index contributed by atoms with van der Waals surface area (Å²) in [7, 11) is -1.33. The second kappa shape index (κ2) is 13.3. The lowest BCUT2D eigenvalue weighted by molar-refractivity contribution is 0.0899. The summed E-state index contributed by atoms with van der Waals surface area (Å²) in [5, 5.41) is 18.4. The molecule has 0 saturated carbocycles. The van der Waals surface area contributed by atoms with Crippen LogP contribution in [0, 0.1) is 0 Å². The van der Waals surface area contributed by atoms with Crippen LogP contribution in [-0.2, 0) is 29.5 Å². The number of nitrogens with zero attached hydrogens (tertiary/aromatic N) is 6. The van der Waals surface area contributed by atoms with E-state index >= 15 is 0 Å². The van der Waals surface area contributed by atoms with Crippen LogP contribution in [0.4, 0.5) is 10.6 Å². The fraction of sp³-hybridized carbons (Fsp3) is 0.600. The largest absolute Gasteiger partial charge is 0.465 e. The maximum atomic E-state index is 11.4. The molecule has 2 fully saturated rings. The Labute approximate surface area is 296 Å². The normalized spacial score (nSPS) is 20.1. The standard InChI is InChI=1S/C35H52ClN7O4Si2/c1-35(2,3)49(8,9)47-20-28-30-27(40-41(28)4)13-12-25(31(30)36)26-19-42(21-46-14-15-48(5,6)7)33-32(26)37-18-29(39-33)43-23-10-11-24(43)17-22(16-23)38-34(44)45/h12-13,18-19,22-24,38H,10-11,14-17,20-21H2,1-9H3,(H,44,45). The van der Waals surface area contributed by atoms with E-state index in [1.54, 1.807) is 0 Å².